The standard InChI is InChI=1S/C24H22N4O4S/c1-16(15-31-17-8-4-3-5-9-17)32-24-28-27-23(33-24)26-22(29)19-12-13-25-14-20(19)18-10-6-7-11-21(18)30-2/h3-14,16H,15H2,1-2H3,(H,26,27,29)/t16-/m1/s1. The zero-order chi connectivity index (χ0) is 23.0. The van der Waals surface area contributed by atoms with Crippen molar-refractivity contribution in [1.29, 1.82) is 0 Å². The van der Waals surface area contributed by atoms with E-state index in [1.807, 2.05) is 61.5 Å². The maximum absolute atomic E-state index is 13.0. The molecule has 1 N–H and O–H groups in total. The zero-order valence-electron chi connectivity index (χ0n) is 18.1. The van der Waals surface area contributed by atoms with E-state index in [-0.39, 0.29) is 12.0 Å². The molecule has 1 atom stereocenters. The van der Waals surface area contributed by atoms with Crippen molar-refractivity contribution in [2.24, 2.45) is 0 Å². The number of nitrogens with zero attached hydrogens (tertiary/aromatic N) is 3. The molecule has 1 amide bonds. The number of carbonyl (C=O) groups excluding carboxylic acids is 1. The van der Waals surface area contributed by atoms with Gasteiger partial charge in [0.15, 0.2) is 0 Å². The molecule has 0 aliphatic heterocycles. The SMILES string of the molecule is COc1ccccc1-c1cnccc1C(=O)Nc1nnc(O[C@H](C)COc2ccccc2)s1. The lowest BCUT2D eigenvalue weighted by Crippen LogP contribution is -2.20. The first-order valence-corrected chi connectivity index (χ1v) is 11.0. The second-order valence-corrected chi connectivity index (χ2v) is 7.94. The Morgan fingerprint density at radius 1 is 1.03 bits per heavy atom. The molecule has 0 radical (unpaired) electrons. The average Bonchev–Trinajstić information content (AvgIpc) is 3.29. The quantitative estimate of drug-likeness (QED) is 0.385. The highest BCUT2D eigenvalue weighted by Gasteiger charge is 2.18. The van der Waals surface area contributed by atoms with Crippen LogP contribution in [0.15, 0.2) is 73.1 Å². The van der Waals surface area contributed by atoms with Gasteiger partial charge in [-0.2, -0.15) is 0 Å². The summed E-state index contributed by atoms with van der Waals surface area (Å²) < 4.78 is 16.9. The summed E-state index contributed by atoms with van der Waals surface area (Å²) in [5, 5.41) is 11.5. The molecule has 33 heavy (non-hydrogen) atoms. The topological polar surface area (TPSA) is 95.5 Å². The summed E-state index contributed by atoms with van der Waals surface area (Å²) >= 11 is 1.14. The van der Waals surface area contributed by atoms with Crippen molar-refractivity contribution < 1.29 is 19.0 Å². The summed E-state index contributed by atoms with van der Waals surface area (Å²) in [5.74, 6) is 1.08. The van der Waals surface area contributed by atoms with Gasteiger partial charge < -0.3 is 14.2 Å². The van der Waals surface area contributed by atoms with Crippen LogP contribution in [0, 0.1) is 0 Å². The number of ether oxygens (including phenoxy) is 3. The zero-order valence-corrected chi connectivity index (χ0v) is 18.9. The van der Waals surface area contributed by atoms with E-state index in [9.17, 15) is 4.79 Å². The molecule has 2 heterocycles. The molecule has 2 aromatic heterocycles. The van der Waals surface area contributed by atoms with Crippen molar-refractivity contribution in [3.63, 3.8) is 0 Å². The average molecular weight is 463 g/mol. The second kappa shape index (κ2) is 10.6. The highest BCUT2D eigenvalue weighted by atomic mass is 32.1. The summed E-state index contributed by atoms with van der Waals surface area (Å²) in [6.45, 7) is 2.23. The number of hydrogen-bond donors (Lipinski definition) is 1. The predicted molar refractivity (Wildman–Crippen MR) is 126 cm³/mol. The van der Waals surface area contributed by atoms with Crippen molar-refractivity contribution in [2.45, 2.75) is 13.0 Å². The van der Waals surface area contributed by atoms with Gasteiger partial charge in [0.1, 0.15) is 24.2 Å². The van der Waals surface area contributed by atoms with E-state index >= 15 is 0 Å². The van der Waals surface area contributed by atoms with Gasteiger partial charge in [-0.15, -0.1) is 5.10 Å². The van der Waals surface area contributed by atoms with Crippen LogP contribution < -0.4 is 19.5 Å². The number of carbonyl (C=O) groups is 1. The van der Waals surface area contributed by atoms with Crippen LogP contribution in [0.1, 0.15) is 17.3 Å². The van der Waals surface area contributed by atoms with Crippen molar-refractivity contribution >= 4 is 22.4 Å². The minimum Gasteiger partial charge on any atom is -0.496 e. The lowest BCUT2D eigenvalue weighted by atomic mass is 10.0. The lowest BCUT2D eigenvalue weighted by molar-refractivity contribution is 0.102. The van der Waals surface area contributed by atoms with Crippen molar-refractivity contribution in [3.05, 3.63) is 78.6 Å². The number of aromatic nitrogens is 3. The fourth-order valence-electron chi connectivity index (χ4n) is 3.08. The molecule has 0 unspecified atom stereocenters. The molecule has 168 valence electrons. The monoisotopic (exact) mass is 462 g/mol. The Balaban J connectivity index is 1.41. The van der Waals surface area contributed by atoms with Crippen LogP contribution in [0.3, 0.4) is 0 Å². The van der Waals surface area contributed by atoms with E-state index in [0.717, 1.165) is 22.6 Å². The molecule has 0 aliphatic carbocycles. The molecule has 0 saturated carbocycles. The van der Waals surface area contributed by atoms with Crippen molar-refractivity contribution in [1.82, 2.24) is 15.2 Å². The third-order valence-corrected chi connectivity index (χ3v) is 5.35. The van der Waals surface area contributed by atoms with Crippen LogP contribution >= 0.6 is 11.3 Å². The normalized spacial score (nSPS) is 11.5. The first kappa shape index (κ1) is 22.2. The number of para-hydroxylation sites is 2. The molecule has 2 aromatic carbocycles. The van der Waals surface area contributed by atoms with Gasteiger partial charge in [0.2, 0.25) is 5.13 Å². The van der Waals surface area contributed by atoms with Gasteiger partial charge in [-0.05, 0) is 42.5 Å². The number of hydrogen-bond acceptors (Lipinski definition) is 8. The van der Waals surface area contributed by atoms with E-state index < -0.39 is 0 Å². The molecule has 8 nitrogen and oxygen atoms in total. The summed E-state index contributed by atoms with van der Waals surface area (Å²) in [7, 11) is 1.59. The minimum atomic E-state index is -0.332. The largest absolute Gasteiger partial charge is 0.496 e. The molecule has 0 fully saturated rings. The highest BCUT2D eigenvalue weighted by molar-refractivity contribution is 7.17. The fraction of sp³-hybridized carbons (Fsp3) is 0.167. The van der Waals surface area contributed by atoms with E-state index in [2.05, 4.69) is 20.5 Å². The van der Waals surface area contributed by atoms with E-state index in [4.69, 9.17) is 14.2 Å². The number of pyridine rings is 1. The van der Waals surface area contributed by atoms with Gasteiger partial charge in [-0.1, -0.05) is 41.5 Å². The van der Waals surface area contributed by atoms with Crippen LogP contribution in [0.5, 0.6) is 16.7 Å². The molecule has 0 bridgehead atoms. The fourth-order valence-corrected chi connectivity index (χ4v) is 3.77. The van der Waals surface area contributed by atoms with Crippen LogP contribution in [-0.2, 0) is 0 Å². The number of benzene rings is 2. The number of anilines is 1. The molecule has 4 aromatic rings. The van der Waals surface area contributed by atoms with Gasteiger partial charge >= 0.3 is 0 Å². The van der Waals surface area contributed by atoms with E-state index in [0.29, 0.717) is 33.8 Å². The smallest absolute Gasteiger partial charge is 0.296 e. The molecule has 0 saturated heterocycles. The van der Waals surface area contributed by atoms with Crippen LogP contribution in [0.25, 0.3) is 11.1 Å². The predicted octanol–water partition coefficient (Wildman–Crippen LogP) is 4.71. The molecule has 0 spiro atoms. The van der Waals surface area contributed by atoms with Gasteiger partial charge in [0.25, 0.3) is 11.1 Å². The Morgan fingerprint density at radius 3 is 2.64 bits per heavy atom. The highest BCUT2D eigenvalue weighted by Crippen LogP contribution is 2.32. The maximum atomic E-state index is 13.0. The maximum Gasteiger partial charge on any atom is 0.296 e. The third-order valence-electron chi connectivity index (χ3n) is 4.62. The Bertz CT molecular complexity index is 1220. The first-order chi connectivity index (χ1) is 16.1. The number of rotatable bonds is 9. The van der Waals surface area contributed by atoms with E-state index in [1.54, 1.807) is 25.6 Å². The van der Waals surface area contributed by atoms with E-state index in [1.165, 1.54) is 0 Å². The number of amides is 1. The van der Waals surface area contributed by atoms with Gasteiger partial charge in [-0.3, -0.25) is 15.1 Å². The number of methoxy groups -OCH3 is 1. The summed E-state index contributed by atoms with van der Waals surface area (Å²) in [6, 6.07) is 18.6. The van der Waals surface area contributed by atoms with Gasteiger partial charge in [0.05, 0.1) is 12.7 Å². The molecule has 4 rings (SSSR count). The van der Waals surface area contributed by atoms with Crippen molar-refractivity contribution in [2.75, 3.05) is 19.0 Å². The molecule has 9 heteroatoms. The molecular weight excluding hydrogens is 440 g/mol. The minimum absolute atomic E-state index is 0.251. The van der Waals surface area contributed by atoms with Crippen molar-refractivity contribution in [3.8, 4) is 27.8 Å². The lowest BCUT2D eigenvalue weighted by Gasteiger charge is -2.13. The Labute approximate surface area is 195 Å². The van der Waals surface area contributed by atoms with Gasteiger partial charge in [-0.25, -0.2) is 0 Å². The van der Waals surface area contributed by atoms with Gasteiger partial charge in [0, 0.05) is 23.5 Å². The molecule has 0 aliphatic rings. The molecular formula is C24H22N4O4S. The summed E-state index contributed by atoms with van der Waals surface area (Å²) in [6.07, 6.45) is 2.95. The Kier molecular flexibility index (Phi) is 7.11. The first-order valence-electron chi connectivity index (χ1n) is 10.2. The second-order valence-electron chi connectivity index (χ2n) is 7.00. The Hall–Kier alpha value is -3.98. The van der Waals surface area contributed by atoms with Crippen LogP contribution in [0.2, 0.25) is 0 Å². The van der Waals surface area contributed by atoms with Crippen LogP contribution in [0.4, 0.5) is 5.13 Å². The summed E-state index contributed by atoms with van der Waals surface area (Å²) in [5.41, 5.74) is 1.86. The third kappa shape index (κ3) is 5.64. The van der Waals surface area contributed by atoms with Crippen LogP contribution in [-0.4, -0.2) is 40.9 Å². The number of nitrogens with one attached hydrogen (secondary N) is 1. The Morgan fingerprint density at radius 2 is 1.82 bits per heavy atom. The summed E-state index contributed by atoms with van der Waals surface area (Å²) in [4.78, 5) is 17.2.